The van der Waals surface area contributed by atoms with Crippen LogP contribution in [0.2, 0.25) is 0 Å². The van der Waals surface area contributed by atoms with E-state index in [4.69, 9.17) is 0 Å². The van der Waals surface area contributed by atoms with Crippen molar-refractivity contribution >= 4 is 12.3 Å². The highest BCUT2D eigenvalue weighted by Crippen LogP contribution is 2.04. The highest BCUT2D eigenvalue weighted by atomic mass is 16.2. The van der Waals surface area contributed by atoms with E-state index in [0.717, 1.165) is 25.9 Å². The largest absolute Gasteiger partial charge is 0.342 e. The second-order valence-electron chi connectivity index (χ2n) is 5.68. The van der Waals surface area contributed by atoms with E-state index < -0.39 is 0 Å². The zero-order valence-corrected chi connectivity index (χ0v) is 13.1. The molecule has 2 rings (SSSR count). The normalized spacial score (nSPS) is 15.2. The van der Waals surface area contributed by atoms with Crippen molar-refractivity contribution in [3.63, 3.8) is 0 Å². The SMILES string of the molecule is CN(CCC(=O)N1CCN(C=O)CC1)CCc1ccncc1. The smallest absolute Gasteiger partial charge is 0.223 e. The first-order valence-corrected chi connectivity index (χ1v) is 7.73. The molecule has 6 heteroatoms. The van der Waals surface area contributed by atoms with Crippen LogP contribution in [-0.4, -0.2) is 78.3 Å². The minimum absolute atomic E-state index is 0.182. The van der Waals surface area contributed by atoms with Crippen LogP contribution in [0.15, 0.2) is 24.5 Å². The molecule has 2 amide bonds. The number of pyridine rings is 1. The Kier molecular flexibility index (Phi) is 6.33. The van der Waals surface area contributed by atoms with Crippen molar-refractivity contribution in [2.75, 3.05) is 46.3 Å². The van der Waals surface area contributed by atoms with Crippen LogP contribution in [0.25, 0.3) is 0 Å². The Hall–Kier alpha value is -1.95. The number of likely N-dealkylation sites (N-methyl/N-ethyl adjacent to an activating group) is 1. The van der Waals surface area contributed by atoms with Crippen LogP contribution in [-0.2, 0) is 16.0 Å². The summed E-state index contributed by atoms with van der Waals surface area (Å²) in [5, 5.41) is 0. The third-order valence-electron chi connectivity index (χ3n) is 4.05. The molecule has 0 N–H and O–H groups in total. The summed E-state index contributed by atoms with van der Waals surface area (Å²) in [6.07, 6.45) is 5.96. The summed E-state index contributed by atoms with van der Waals surface area (Å²) in [4.78, 5) is 32.6. The van der Waals surface area contributed by atoms with E-state index in [9.17, 15) is 9.59 Å². The molecule has 1 aliphatic rings. The van der Waals surface area contributed by atoms with Crippen molar-refractivity contribution in [3.8, 4) is 0 Å². The van der Waals surface area contributed by atoms with E-state index in [2.05, 4.69) is 9.88 Å². The fraction of sp³-hybridized carbons (Fsp3) is 0.562. The third kappa shape index (κ3) is 5.11. The second kappa shape index (κ2) is 8.48. The van der Waals surface area contributed by atoms with Gasteiger partial charge in [-0.25, -0.2) is 0 Å². The minimum atomic E-state index is 0.182. The van der Waals surface area contributed by atoms with Crippen LogP contribution in [0.4, 0.5) is 0 Å². The van der Waals surface area contributed by atoms with Crippen LogP contribution < -0.4 is 0 Å². The van der Waals surface area contributed by atoms with E-state index in [-0.39, 0.29) is 5.91 Å². The molecule has 1 aliphatic heterocycles. The predicted molar refractivity (Wildman–Crippen MR) is 84.3 cm³/mol. The molecule has 0 bridgehead atoms. The van der Waals surface area contributed by atoms with Gasteiger partial charge < -0.3 is 14.7 Å². The zero-order valence-electron chi connectivity index (χ0n) is 13.1. The lowest BCUT2D eigenvalue weighted by Gasteiger charge is -2.33. The number of piperazine rings is 1. The van der Waals surface area contributed by atoms with Crippen molar-refractivity contribution in [2.24, 2.45) is 0 Å². The molecule has 0 unspecified atom stereocenters. The molecule has 0 atom stereocenters. The first-order chi connectivity index (χ1) is 10.7. The van der Waals surface area contributed by atoms with Crippen molar-refractivity contribution in [1.82, 2.24) is 19.7 Å². The topological polar surface area (TPSA) is 56.8 Å². The van der Waals surface area contributed by atoms with Gasteiger partial charge in [-0.15, -0.1) is 0 Å². The molecule has 1 saturated heterocycles. The van der Waals surface area contributed by atoms with E-state index in [1.165, 1.54) is 5.56 Å². The number of carbonyl (C=O) groups excluding carboxylic acids is 2. The number of hydrogen-bond acceptors (Lipinski definition) is 4. The van der Waals surface area contributed by atoms with E-state index in [0.29, 0.717) is 32.6 Å². The molecule has 0 saturated carbocycles. The number of hydrogen-bond donors (Lipinski definition) is 0. The summed E-state index contributed by atoms with van der Waals surface area (Å²) in [6, 6.07) is 4.04. The first-order valence-electron chi connectivity index (χ1n) is 7.73. The summed E-state index contributed by atoms with van der Waals surface area (Å²) in [5.74, 6) is 0.182. The van der Waals surface area contributed by atoms with E-state index in [1.807, 2.05) is 24.1 Å². The molecule has 0 aliphatic carbocycles. The lowest BCUT2D eigenvalue weighted by atomic mass is 10.2. The lowest BCUT2D eigenvalue weighted by molar-refractivity contribution is -0.135. The summed E-state index contributed by atoms with van der Waals surface area (Å²) in [5.41, 5.74) is 1.26. The first kappa shape index (κ1) is 16.4. The number of nitrogens with zero attached hydrogens (tertiary/aromatic N) is 4. The second-order valence-corrected chi connectivity index (χ2v) is 5.68. The standard InChI is InChI=1S/C16H24N4O2/c1-18(8-4-15-2-6-17-7-3-15)9-5-16(22)20-12-10-19(14-21)11-13-20/h2-3,6-7,14H,4-5,8-13H2,1H3. The third-order valence-corrected chi connectivity index (χ3v) is 4.05. The van der Waals surface area contributed by atoms with Crippen molar-refractivity contribution in [1.29, 1.82) is 0 Å². The highest BCUT2D eigenvalue weighted by Gasteiger charge is 2.19. The lowest BCUT2D eigenvalue weighted by Crippen LogP contribution is -2.48. The number of aromatic nitrogens is 1. The van der Waals surface area contributed by atoms with E-state index in [1.54, 1.807) is 17.3 Å². The molecule has 1 aromatic rings. The van der Waals surface area contributed by atoms with Gasteiger partial charge in [0.15, 0.2) is 0 Å². The summed E-state index contributed by atoms with van der Waals surface area (Å²) in [6.45, 7) is 4.28. The maximum atomic E-state index is 12.2. The van der Waals surface area contributed by atoms with Crippen LogP contribution >= 0.6 is 0 Å². The van der Waals surface area contributed by atoms with Gasteiger partial charge in [0.05, 0.1) is 0 Å². The predicted octanol–water partition coefficient (Wildman–Crippen LogP) is 0.247. The molecule has 2 heterocycles. The number of amides is 2. The van der Waals surface area contributed by atoms with E-state index >= 15 is 0 Å². The molecule has 0 aromatic carbocycles. The van der Waals surface area contributed by atoms with Gasteiger partial charge in [0.1, 0.15) is 0 Å². The van der Waals surface area contributed by atoms with Crippen LogP contribution in [0.1, 0.15) is 12.0 Å². The van der Waals surface area contributed by atoms with Gasteiger partial charge in [-0.3, -0.25) is 14.6 Å². The highest BCUT2D eigenvalue weighted by molar-refractivity contribution is 5.76. The van der Waals surface area contributed by atoms with Gasteiger partial charge in [0.2, 0.25) is 12.3 Å². The van der Waals surface area contributed by atoms with Gasteiger partial charge >= 0.3 is 0 Å². The molecule has 120 valence electrons. The van der Waals surface area contributed by atoms with Gasteiger partial charge in [0, 0.05) is 58.1 Å². The minimum Gasteiger partial charge on any atom is -0.342 e. The van der Waals surface area contributed by atoms with Crippen molar-refractivity contribution in [2.45, 2.75) is 12.8 Å². The fourth-order valence-corrected chi connectivity index (χ4v) is 2.50. The summed E-state index contributed by atoms with van der Waals surface area (Å²) in [7, 11) is 2.04. The molecular weight excluding hydrogens is 280 g/mol. The molecule has 0 radical (unpaired) electrons. The maximum absolute atomic E-state index is 12.2. The number of carbonyl (C=O) groups is 2. The van der Waals surface area contributed by atoms with Gasteiger partial charge in [0.25, 0.3) is 0 Å². The Morgan fingerprint density at radius 2 is 1.91 bits per heavy atom. The average Bonchev–Trinajstić information content (AvgIpc) is 2.58. The van der Waals surface area contributed by atoms with Gasteiger partial charge in [-0.1, -0.05) is 0 Å². The van der Waals surface area contributed by atoms with Gasteiger partial charge in [-0.2, -0.15) is 0 Å². The fourth-order valence-electron chi connectivity index (χ4n) is 2.50. The maximum Gasteiger partial charge on any atom is 0.223 e. The Labute approximate surface area is 131 Å². The van der Waals surface area contributed by atoms with Crippen molar-refractivity contribution in [3.05, 3.63) is 30.1 Å². The van der Waals surface area contributed by atoms with Gasteiger partial charge in [-0.05, 0) is 31.2 Å². The Balaban J connectivity index is 1.64. The molecular formula is C16H24N4O2. The molecule has 22 heavy (non-hydrogen) atoms. The molecule has 1 fully saturated rings. The Morgan fingerprint density at radius 3 is 2.55 bits per heavy atom. The zero-order chi connectivity index (χ0) is 15.8. The monoisotopic (exact) mass is 304 g/mol. The summed E-state index contributed by atoms with van der Waals surface area (Å²) < 4.78 is 0. The van der Waals surface area contributed by atoms with Crippen LogP contribution in [0.5, 0.6) is 0 Å². The van der Waals surface area contributed by atoms with Crippen molar-refractivity contribution < 1.29 is 9.59 Å². The van der Waals surface area contributed by atoms with Crippen LogP contribution in [0, 0.1) is 0 Å². The Bertz CT molecular complexity index is 472. The summed E-state index contributed by atoms with van der Waals surface area (Å²) >= 11 is 0. The molecule has 1 aromatic heterocycles. The average molecular weight is 304 g/mol. The molecule has 0 spiro atoms. The molecule has 6 nitrogen and oxygen atoms in total. The quantitative estimate of drug-likeness (QED) is 0.678. The van der Waals surface area contributed by atoms with Crippen LogP contribution in [0.3, 0.4) is 0 Å². The number of rotatable bonds is 7. The Morgan fingerprint density at radius 1 is 1.23 bits per heavy atom.